The third-order valence-electron chi connectivity index (χ3n) is 4.13. The van der Waals surface area contributed by atoms with Gasteiger partial charge < -0.3 is 0 Å². The van der Waals surface area contributed by atoms with Gasteiger partial charge in [0.15, 0.2) is 11.3 Å². The molecule has 0 amide bonds. The van der Waals surface area contributed by atoms with Crippen LogP contribution < -0.4 is 0 Å². The fourth-order valence-electron chi connectivity index (χ4n) is 2.86. The fourth-order valence-corrected chi connectivity index (χ4v) is 2.86. The monoisotopic (exact) mass is 400 g/mol. The van der Waals surface area contributed by atoms with Gasteiger partial charge in [0.05, 0.1) is 36.5 Å². The van der Waals surface area contributed by atoms with Crippen molar-refractivity contribution < 1.29 is 13.2 Å². The van der Waals surface area contributed by atoms with Crippen molar-refractivity contribution in [2.24, 2.45) is 0 Å². The molecule has 5 aromatic rings. The second-order valence-electron chi connectivity index (χ2n) is 6.24. The number of hydrogen-bond donors (Lipinski definition) is 0. The van der Waals surface area contributed by atoms with E-state index in [9.17, 15) is 13.2 Å². The standard InChI is InChI=1S/C16H11F3N10/c17-16(18,19)9-27-7-10(5-22-27)12-6-20-14-15(24-12)29(26-25-14)8-11-2-4-28-13(23-11)1-3-21-28/h1-7H,8-9H2. The highest BCUT2D eigenvalue weighted by Gasteiger charge is 2.28. The second kappa shape index (κ2) is 6.32. The molecule has 10 nitrogen and oxygen atoms in total. The van der Waals surface area contributed by atoms with Gasteiger partial charge in [0, 0.05) is 24.0 Å². The first-order chi connectivity index (χ1) is 13.9. The minimum atomic E-state index is -4.36. The summed E-state index contributed by atoms with van der Waals surface area (Å²) >= 11 is 0. The van der Waals surface area contributed by atoms with Crippen LogP contribution in [-0.2, 0) is 13.1 Å². The molecule has 0 saturated heterocycles. The minimum Gasteiger partial charge on any atom is -0.263 e. The quantitative estimate of drug-likeness (QED) is 0.452. The van der Waals surface area contributed by atoms with Gasteiger partial charge in [0.25, 0.3) is 0 Å². The summed E-state index contributed by atoms with van der Waals surface area (Å²) in [5.41, 5.74) is 2.90. The molecule has 5 heterocycles. The van der Waals surface area contributed by atoms with Gasteiger partial charge in [-0.1, -0.05) is 5.21 Å². The molecular weight excluding hydrogens is 389 g/mol. The predicted molar refractivity (Wildman–Crippen MR) is 92.5 cm³/mol. The van der Waals surface area contributed by atoms with Crippen LogP contribution in [0.3, 0.4) is 0 Å². The van der Waals surface area contributed by atoms with E-state index in [0.717, 1.165) is 10.4 Å². The number of alkyl halides is 3. The van der Waals surface area contributed by atoms with Crippen LogP contribution >= 0.6 is 0 Å². The molecule has 0 atom stereocenters. The van der Waals surface area contributed by atoms with Crippen LogP contribution in [0.5, 0.6) is 0 Å². The molecule has 29 heavy (non-hydrogen) atoms. The van der Waals surface area contributed by atoms with Gasteiger partial charge >= 0.3 is 6.18 Å². The van der Waals surface area contributed by atoms with Gasteiger partial charge in [-0.2, -0.15) is 23.4 Å². The lowest BCUT2D eigenvalue weighted by Crippen LogP contribution is -2.17. The van der Waals surface area contributed by atoms with E-state index in [4.69, 9.17) is 0 Å². The van der Waals surface area contributed by atoms with Crippen LogP contribution in [0.1, 0.15) is 5.69 Å². The third kappa shape index (κ3) is 3.37. The smallest absolute Gasteiger partial charge is 0.263 e. The van der Waals surface area contributed by atoms with Crippen molar-refractivity contribution in [2.45, 2.75) is 19.3 Å². The summed E-state index contributed by atoms with van der Waals surface area (Å²) in [6, 6.07) is 3.57. The molecule has 5 rings (SSSR count). The Kier molecular flexibility index (Phi) is 3.75. The zero-order valence-electron chi connectivity index (χ0n) is 14.6. The van der Waals surface area contributed by atoms with Gasteiger partial charge in [-0.3, -0.25) is 4.68 Å². The Morgan fingerprint density at radius 3 is 2.79 bits per heavy atom. The number of nitrogens with zero attached hydrogens (tertiary/aromatic N) is 10. The molecular formula is C16H11F3N10. The fraction of sp³-hybridized carbons (Fsp3) is 0.188. The Bertz CT molecular complexity index is 1320. The highest BCUT2D eigenvalue weighted by atomic mass is 19.4. The van der Waals surface area contributed by atoms with Gasteiger partial charge in [-0.05, 0) is 6.07 Å². The van der Waals surface area contributed by atoms with Crippen molar-refractivity contribution in [1.29, 1.82) is 0 Å². The molecule has 0 saturated carbocycles. The second-order valence-corrected chi connectivity index (χ2v) is 6.24. The first kappa shape index (κ1) is 17.2. The summed E-state index contributed by atoms with van der Waals surface area (Å²) < 4.78 is 41.6. The van der Waals surface area contributed by atoms with Crippen molar-refractivity contribution in [3.8, 4) is 11.3 Å². The number of hydrogen-bond acceptors (Lipinski definition) is 7. The van der Waals surface area contributed by atoms with Crippen molar-refractivity contribution in [2.75, 3.05) is 0 Å². The van der Waals surface area contributed by atoms with E-state index >= 15 is 0 Å². The summed E-state index contributed by atoms with van der Waals surface area (Å²) in [6.45, 7) is -0.880. The van der Waals surface area contributed by atoms with E-state index in [1.54, 1.807) is 29.0 Å². The lowest BCUT2D eigenvalue weighted by molar-refractivity contribution is -0.142. The molecule has 0 spiro atoms. The Morgan fingerprint density at radius 1 is 1.03 bits per heavy atom. The van der Waals surface area contributed by atoms with Crippen LogP contribution in [0, 0.1) is 0 Å². The Morgan fingerprint density at radius 2 is 1.93 bits per heavy atom. The van der Waals surface area contributed by atoms with Gasteiger partial charge in [-0.15, -0.1) is 5.10 Å². The van der Waals surface area contributed by atoms with Crippen molar-refractivity contribution in [3.63, 3.8) is 0 Å². The van der Waals surface area contributed by atoms with Crippen molar-refractivity contribution >= 4 is 16.9 Å². The molecule has 0 unspecified atom stereocenters. The molecule has 13 heteroatoms. The number of aromatic nitrogens is 10. The van der Waals surface area contributed by atoms with Gasteiger partial charge in [-0.25, -0.2) is 24.1 Å². The molecule has 0 N–H and O–H groups in total. The molecule has 0 bridgehead atoms. The van der Waals surface area contributed by atoms with Crippen molar-refractivity contribution in [3.05, 3.63) is 48.8 Å². The number of halogens is 3. The summed E-state index contributed by atoms with van der Waals surface area (Å²) in [5.74, 6) is 0. The van der Waals surface area contributed by atoms with E-state index in [2.05, 4.69) is 35.5 Å². The van der Waals surface area contributed by atoms with E-state index < -0.39 is 12.7 Å². The van der Waals surface area contributed by atoms with Crippen LogP contribution in [0.4, 0.5) is 13.2 Å². The highest BCUT2D eigenvalue weighted by Crippen LogP contribution is 2.21. The maximum absolute atomic E-state index is 12.5. The topological polar surface area (TPSA) is 104 Å². The largest absolute Gasteiger partial charge is 0.408 e. The molecule has 0 radical (unpaired) electrons. The molecule has 0 aliphatic carbocycles. The van der Waals surface area contributed by atoms with Crippen LogP contribution in [0.2, 0.25) is 0 Å². The van der Waals surface area contributed by atoms with Crippen LogP contribution in [-0.4, -0.2) is 55.5 Å². The maximum Gasteiger partial charge on any atom is 0.408 e. The molecule has 0 aromatic carbocycles. The minimum absolute atomic E-state index is 0.295. The first-order valence-electron chi connectivity index (χ1n) is 8.40. The summed E-state index contributed by atoms with van der Waals surface area (Å²) in [4.78, 5) is 13.1. The van der Waals surface area contributed by atoms with Gasteiger partial charge in [0.2, 0.25) is 5.65 Å². The normalized spacial score (nSPS) is 12.2. The van der Waals surface area contributed by atoms with Crippen molar-refractivity contribution in [1.82, 2.24) is 49.3 Å². The molecule has 0 fully saturated rings. The predicted octanol–water partition coefficient (Wildman–Crippen LogP) is 1.74. The highest BCUT2D eigenvalue weighted by molar-refractivity contribution is 5.69. The number of rotatable bonds is 4. The zero-order valence-corrected chi connectivity index (χ0v) is 14.6. The summed E-state index contributed by atoms with van der Waals surface area (Å²) in [7, 11) is 0. The Balaban J connectivity index is 1.47. The zero-order chi connectivity index (χ0) is 20.0. The van der Waals surface area contributed by atoms with E-state index in [1.807, 2.05) is 0 Å². The van der Waals surface area contributed by atoms with E-state index in [0.29, 0.717) is 34.7 Å². The van der Waals surface area contributed by atoms with Crippen LogP contribution in [0.25, 0.3) is 28.2 Å². The van der Waals surface area contributed by atoms with Crippen LogP contribution in [0.15, 0.2) is 43.1 Å². The average Bonchev–Trinajstić information content (AvgIpc) is 3.40. The molecule has 5 aromatic heterocycles. The third-order valence-corrected chi connectivity index (χ3v) is 4.13. The van der Waals surface area contributed by atoms with Gasteiger partial charge in [0.1, 0.15) is 6.54 Å². The summed E-state index contributed by atoms with van der Waals surface area (Å²) in [6.07, 6.45) is 3.08. The molecule has 146 valence electrons. The van der Waals surface area contributed by atoms with E-state index in [1.165, 1.54) is 23.3 Å². The molecule has 0 aliphatic heterocycles. The molecule has 0 aliphatic rings. The average molecular weight is 400 g/mol. The number of fused-ring (bicyclic) bond motifs is 2. The maximum atomic E-state index is 12.5. The SMILES string of the molecule is FC(F)(F)Cn1cc(-c2cnc3nnn(Cc4ccn5nccc5n4)c3n2)cn1. The first-order valence-corrected chi connectivity index (χ1v) is 8.40. The Hall–Kier alpha value is -3.90. The summed E-state index contributed by atoms with van der Waals surface area (Å²) in [5, 5.41) is 15.9. The Labute approximate surface area is 159 Å². The van der Waals surface area contributed by atoms with E-state index in [-0.39, 0.29) is 0 Å². The lowest BCUT2D eigenvalue weighted by atomic mass is 10.3. The lowest BCUT2D eigenvalue weighted by Gasteiger charge is -2.05.